The standard InChI is InChI=1S/C26H32N2O7.BrH/c1-28(13-14-2-3-14)11-10-25-21-15-4-5-16(27-17(24(32)33)6-7-20(30)31)22(21)35-23(25)18(29)8-9-26(25,34)19(28)12-15;/h4-5,14,17,19,23,27,34H,2-3,6-13H2,1H3,(H-,30,31,32,33);1H/t17-,19+,23-,25-,26+,28?;/m0./s1. The number of carboxylic acid groups (broad SMARTS) is 2. The Kier molecular flexibility index (Phi) is 5.96. The fourth-order valence-corrected chi connectivity index (χ4v) is 7.78. The molecule has 2 saturated carbocycles. The minimum Gasteiger partial charge on any atom is -1.00 e. The summed E-state index contributed by atoms with van der Waals surface area (Å²) in [5.74, 6) is -1.06. The van der Waals surface area contributed by atoms with Crippen LogP contribution in [-0.4, -0.2) is 81.5 Å². The van der Waals surface area contributed by atoms with Crippen LogP contribution in [0.3, 0.4) is 0 Å². The van der Waals surface area contributed by atoms with Crippen molar-refractivity contribution in [1.82, 2.24) is 0 Å². The average molecular weight is 565 g/mol. The van der Waals surface area contributed by atoms with Crippen molar-refractivity contribution in [3.63, 3.8) is 0 Å². The number of Topliss-reactive ketones (excluding diaryl/α,β-unsaturated/α-hetero) is 1. The third-order valence-electron chi connectivity index (χ3n) is 9.57. The molecule has 1 aromatic carbocycles. The fraction of sp³-hybridized carbons (Fsp3) is 0.654. The number of rotatable bonds is 8. The number of quaternary nitrogens is 1. The number of nitrogens with one attached hydrogen (secondary N) is 1. The SMILES string of the molecule is C[N+]1(CC2CC2)CC[C@]23c4c5ccc(N[C@@H](CCC(=O)O)C(=O)O)c4O[C@H]2C(=O)CC[C@@]3(O)[C@H]1C5.[Br-]. The van der Waals surface area contributed by atoms with Crippen molar-refractivity contribution < 1.29 is 55.9 Å². The molecule has 5 aliphatic rings. The van der Waals surface area contributed by atoms with Crippen LogP contribution in [0.2, 0.25) is 0 Å². The van der Waals surface area contributed by atoms with E-state index in [9.17, 15) is 24.6 Å². The number of carbonyl (C=O) groups is 3. The number of piperidine rings is 1. The number of aliphatic hydroxyl groups is 1. The van der Waals surface area contributed by atoms with Crippen molar-refractivity contribution in [1.29, 1.82) is 0 Å². The van der Waals surface area contributed by atoms with Gasteiger partial charge in [-0.15, -0.1) is 0 Å². The summed E-state index contributed by atoms with van der Waals surface area (Å²) in [5.41, 5.74) is 0.475. The third kappa shape index (κ3) is 3.44. The van der Waals surface area contributed by atoms with Gasteiger partial charge in [0.2, 0.25) is 0 Å². The molecule has 196 valence electrons. The van der Waals surface area contributed by atoms with Gasteiger partial charge in [0, 0.05) is 37.2 Å². The van der Waals surface area contributed by atoms with E-state index in [2.05, 4.69) is 12.4 Å². The van der Waals surface area contributed by atoms with Crippen LogP contribution >= 0.6 is 0 Å². The normalized spacial score (nSPS) is 36.2. The lowest BCUT2D eigenvalue weighted by Crippen LogP contribution is -3.00. The Morgan fingerprint density at radius 1 is 1.25 bits per heavy atom. The molecule has 2 aliphatic heterocycles. The molecule has 6 atom stereocenters. The van der Waals surface area contributed by atoms with Crippen LogP contribution < -0.4 is 27.0 Å². The largest absolute Gasteiger partial charge is 1.00 e. The highest BCUT2D eigenvalue weighted by molar-refractivity contribution is 5.91. The number of anilines is 1. The zero-order chi connectivity index (χ0) is 24.8. The van der Waals surface area contributed by atoms with E-state index in [1.54, 1.807) is 6.07 Å². The van der Waals surface area contributed by atoms with E-state index in [-0.39, 0.29) is 48.1 Å². The van der Waals surface area contributed by atoms with Crippen molar-refractivity contribution >= 4 is 23.4 Å². The Labute approximate surface area is 220 Å². The third-order valence-corrected chi connectivity index (χ3v) is 9.57. The lowest BCUT2D eigenvalue weighted by molar-refractivity contribution is -0.950. The molecule has 4 N–H and O–H groups in total. The van der Waals surface area contributed by atoms with Crippen LogP contribution in [0.1, 0.15) is 56.1 Å². The molecule has 9 nitrogen and oxygen atoms in total. The van der Waals surface area contributed by atoms with Gasteiger partial charge in [0.1, 0.15) is 23.4 Å². The van der Waals surface area contributed by atoms with Crippen molar-refractivity contribution in [3.05, 3.63) is 23.3 Å². The second kappa shape index (κ2) is 8.43. The van der Waals surface area contributed by atoms with E-state index in [1.807, 2.05) is 6.07 Å². The van der Waals surface area contributed by atoms with Gasteiger partial charge in [0.15, 0.2) is 11.9 Å². The first-order chi connectivity index (χ1) is 16.6. The maximum Gasteiger partial charge on any atom is 0.326 e. The summed E-state index contributed by atoms with van der Waals surface area (Å²) in [6.45, 7) is 1.91. The van der Waals surface area contributed by atoms with Crippen LogP contribution in [0.25, 0.3) is 0 Å². The van der Waals surface area contributed by atoms with E-state index in [4.69, 9.17) is 9.84 Å². The highest BCUT2D eigenvalue weighted by Crippen LogP contribution is 2.65. The molecule has 0 amide bonds. The molecular formula is C26H33BrN2O7. The minimum absolute atomic E-state index is 0. The van der Waals surface area contributed by atoms with Crippen molar-refractivity contribution in [2.75, 3.05) is 25.5 Å². The van der Waals surface area contributed by atoms with Crippen molar-refractivity contribution in [2.45, 2.75) is 80.6 Å². The zero-order valence-corrected chi connectivity index (χ0v) is 21.9. The molecule has 6 rings (SSSR count). The lowest BCUT2D eigenvalue weighted by atomic mass is 9.48. The van der Waals surface area contributed by atoms with Crippen molar-refractivity contribution in [2.24, 2.45) is 5.92 Å². The number of likely N-dealkylation sites (N-methyl/N-ethyl adjacent to an activating group) is 1. The number of aliphatic carboxylic acids is 2. The Balaban J connectivity index is 0.00000267. The molecular weight excluding hydrogens is 532 g/mol. The summed E-state index contributed by atoms with van der Waals surface area (Å²) in [6, 6.07) is 2.63. The number of hydrogen-bond acceptors (Lipinski definition) is 6. The maximum absolute atomic E-state index is 13.2. The van der Waals surface area contributed by atoms with Gasteiger partial charge >= 0.3 is 11.9 Å². The number of carboxylic acids is 2. The van der Waals surface area contributed by atoms with Crippen LogP contribution in [0.5, 0.6) is 5.75 Å². The summed E-state index contributed by atoms with van der Waals surface area (Å²) in [5, 5.41) is 34.1. The van der Waals surface area contributed by atoms with E-state index < -0.39 is 35.1 Å². The number of benzene rings is 1. The molecule has 1 unspecified atom stereocenters. The zero-order valence-electron chi connectivity index (χ0n) is 20.3. The molecule has 1 saturated heterocycles. The molecule has 0 aromatic heterocycles. The molecule has 3 aliphatic carbocycles. The quantitative estimate of drug-likeness (QED) is 0.286. The predicted octanol–water partition coefficient (Wildman–Crippen LogP) is -1.30. The summed E-state index contributed by atoms with van der Waals surface area (Å²) in [6.07, 6.45) is 3.37. The van der Waals surface area contributed by atoms with Gasteiger partial charge in [0.25, 0.3) is 0 Å². The van der Waals surface area contributed by atoms with Gasteiger partial charge in [-0.1, -0.05) is 6.07 Å². The van der Waals surface area contributed by atoms with Gasteiger partial charge in [0.05, 0.1) is 31.2 Å². The van der Waals surface area contributed by atoms with Gasteiger partial charge in [-0.3, -0.25) is 9.59 Å². The van der Waals surface area contributed by atoms with Gasteiger partial charge in [-0.05, 0) is 37.3 Å². The minimum atomic E-state index is -1.15. The second-order valence-electron chi connectivity index (χ2n) is 11.6. The summed E-state index contributed by atoms with van der Waals surface area (Å²) < 4.78 is 7.18. The van der Waals surface area contributed by atoms with E-state index >= 15 is 0 Å². The number of carbonyl (C=O) groups excluding carboxylic acids is 1. The Morgan fingerprint density at radius 3 is 2.67 bits per heavy atom. The molecule has 1 aromatic rings. The topological polar surface area (TPSA) is 133 Å². The maximum atomic E-state index is 13.2. The highest BCUT2D eigenvalue weighted by Gasteiger charge is 2.76. The number of likely N-dealkylation sites (tertiary alicyclic amines) is 1. The highest BCUT2D eigenvalue weighted by atomic mass is 79.9. The molecule has 36 heavy (non-hydrogen) atoms. The Bertz CT molecular complexity index is 1140. The average Bonchev–Trinajstić information content (AvgIpc) is 3.52. The fourth-order valence-electron chi connectivity index (χ4n) is 7.78. The van der Waals surface area contributed by atoms with Crippen LogP contribution in [0, 0.1) is 5.92 Å². The van der Waals surface area contributed by atoms with E-state index in [0.717, 1.165) is 28.7 Å². The van der Waals surface area contributed by atoms with Crippen LogP contribution in [0.4, 0.5) is 5.69 Å². The van der Waals surface area contributed by atoms with Crippen LogP contribution in [-0.2, 0) is 26.2 Å². The van der Waals surface area contributed by atoms with Gasteiger partial charge in [-0.2, -0.15) is 0 Å². The molecule has 0 radical (unpaired) electrons. The predicted molar refractivity (Wildman–Crippen MR) is 124 cm³/mol. The molecule has 3 fully saturated rings. The summed E-state index contributed by atoms with van der Waals surface area (Å²) in [4.78, 5) is 36.1. The lowest BCUT2D eigenvalue weighted by Gasteiger charge is -2.64. The first-order valence-electron chi connectivity index (χ1n) is 12.7. The van der Waals surface area contributed by atoms with Gasteiger partial charge in [-0.25, -0.2) is 4.79 Å². The number of hydrogen-bond donors (Lipinski definition) is 4. The number of ketones is 1. The molecule has 2 heterocycles. The molecule has 1 spiro atoms. The van der Waals surface area contributed by atoms with E-state index in [1.165, 1.54) is 12.8 Å². The smallest absolute Gasteiger partial charge is 0.326 e. The summed E-state index contributed by atoms with van der Waals surface area (Å²) in [7, 11) is 2.26. The molecule has 10 heteroatoms. The first kappa shape index (κ1) is 25.5. The molecule has 2 bridgehead atoms. The Morgan fingerprint density at radius 2 is 2.00 bits per heavy atom. The Hall–Kier alpha value is -2.17. The summed E-state index contributed by atoms with van der Waals surface area (Å²) >= 11 is 0. The van der Waals surface area contributed by atoms with Crippen LogP contribution in [0.15, 0.2) is 12.1 Å². The van der Waals surface area contributed by atoms with Crippen molar-refractivity contribution in [3.8, 4) is 5.75 Å². The van der Waals surface area contributed by atoms with E-state index in [0.29, 0.717) is 36.6 Å². The first-order valence-corrected chi connectivity index (χ1v) is 12.7. The number of nitrogens with zero attached hydrogens (tertiary/aromatic N) is 1. The number of ether oxygens (including phenoxy) is 1. The number of halogens is 1. The second-order valence-corrected chi connectivity index (χ2v) is 11.6. The van der Waals surface area contributed by atoms with Gasteiger partial charge < -0.3 is 46.8 Å². The monoisotopic (exact) mass is 564 g/mol.